The minimum Gasteiger partial charge on any atom is -0.409 e. The highest BCUT2D eigenvalue weighted by Crippen LogP contribution is 2.19. The smallest absolute Gasteiger partial charge is 0.223 e. The molecule has 1 unspecified atom stereocenters. The number of likely N-dealkylation sites (tertiary alicyclic amines) is 1. The van der Waals surface area contributed by atoms with E-state index < -0.39 is 0 Å². The minimum absolute atomic E-state index is 0.103. The van der Waals surface area contributed by atoms with Gasteiger partial charge in [0.05, 0.1) is 6.04 Å². The first kappa shape index (κ1) is 12.8. The van der Waals surface area contributed by atoms with Crippen LogP contribution in [0.25, 0.3) is 0 Å². The van der Waals surface area contributed by atoms with Crippen LogP contribution in [-0.2, 0) is 4.79 Å². The molecule has 5 heteroatoms. The Labute approximate surface area is 96.3 Å². The zero-order valence-corrected chi connectivity index (χ0v) is 10.0. The quantitative estimate of drug-likeness (QED) is 0.328. The van der Waals surface area contributed by atoms with E-state index in [1.807, 2.05) is 13.8 Å². The Bertz CT molecular complexity index is 276. The summed E-state index contributed by atoms with van der Waals surface area (Å²) in [7, 11) is 0. The minimum atomic E-state index is -0.218. The average molecular weight is 227 g/mol. The van der Waals surface area contributed by atoms with Gasteiger partial charge in [0.25, 0.3) is 0 Å². The number of oxime groups is 1. The SMILES string of the molecule is CC(C)CC(=O)N1CCCCC1C(N)=NO. The van der Waals surface area contributed by atoms with Crippen LogP contribution in [0.1, 0.15) is 39.5 Å². The van der Waals surface area contributed by atoms with Gasteiger partial charge in [-0.25, -0.2) is 0 Å². The largest absolute Gasteiger partial charge is 0.409 e. The van der Waals surface area contributed by atoms with Gasteiger partial charge in [-0.15, -0.1) is 0 Å². The van der Waals surface area contributed by atoms with Crippen molar-refractivity contribution in [2.45, 2.75) is 45.6 Å². The van der Waals surface area contributed by atoms with Crippen molar-refractivity contribution in [1.82, 2.24) is 4.90 Å². The zero-order chi connectivity index (χ0) is 12.1. The van der Waals surface area contributed by atoms with Gasteiger partial charge in [-0.05, 0) is 25.2 Å². The monoisotopic (exact) mass is 227 g/mol. The van der Waals surface area contributed by atoms with E-state index in [2.05, 4.69) is 5.16 Å². The molecule has 0 saturated carbocycles. The number of nitrogens with two attached hydrogens (primary N) is 1. The number of piperidine rings is 1. The summed E-state index contributed by atoms with van der Waals surface area (Å²) < 4.78 is 0. The van der Waals surface area contributed by atoms with E-state index in [4.69, 9.17) is 10.9 Å². The number of carbonyl (C=O) groups excluding carboxylic acids is 1. The van der Waals surface area contributed by atoms with Crippen LogP contribution in [0.2, 0.25) is 0 Å². The lowest BCUT2D eigenvalue weighted by Gasteiger charge is -2.35. The van der Waals surface area contributed by atoms with Crippen molar-refractivity contribution >= 4 is 11.7 Å². The topological polar surface area (TPSA) is 78.9 Å². The van der Waals surface area contributed by atoms with Gasteiger partial charge in [0, 0.05) is 13.0 Å². The molecule has 1 atom stereocenters. The molecule has 0 aromatic rings. The maximum atomic E-state index is 12.0. The Kier molecular flexibility index (Phi) is 4.58. The second kappa shape index (κ2) is 5.72. The Hall–Kier alpha value is -1.26. The molecule has 3 N–H and O–H groups in total. The lowest BCUT2D eigenvalue weighted by atomic mass is 9.99. The van der Waals surface area contributed by atoms with Crippen molar-refractivity contribution < 1.29 is 10.0 Å². The van der Waals surface area contributed by atoms with Gasteiger partial charge in [0.1, 0.15) is 0 Å². The van der Waals surface area contributed by atoms with Gasteiger partial charge >= 0.3 is 0 Å². The molecule has 0 spiro atoms. The van der Waals surface area contributed by atoms with E-state index in [0.29, 0.717) is 18.9 Å². The molecule has 0 bridgehead atoms. The van der Waals surface area contributed by atoms with Crippen molar-refractivity contribution in [2.24, 2.45) is 16.8 Å². The van der Waals surface area contributed by atoms with Gasteiger partial charge in [0.2, 0.25) is 5.91 Å². The van der Waals surface area contributed by atoms with Crippen LogP contribution in [0.4, 0.5) is 0 Å². The molecular weight excluding hydrogens is 206 g/mol. The van der Waals surface area contributed by atoms with Gasteiger partial charge in [-0.1, -0.05) is 19.0 Å². The number of carbonyl (C=O) groups is 1. The lowest BCUT2D eigenvalue weighted by molar-refractivity contribution is -0.134. The molecule has 0 aromatic heterocycles. The molecule has 0 aliphatic carbocycles. The Morgan fingerprint density at radius 1 is 1.56 bits per heavy atom. The Morgan fingerprint density at radius 3 is 2.81 bits per heavy atom. The van der Waals surface area contributed by atoms with E-state index >= 15 is 0 Å². The fourth-order valence-electron chi connectivity index (χ4n) is 2.07. The Balaban J connectivity index is 2.70. The number of hydrogen-bond acceptors (Lipinski definition) is 3. The third-order valence-electron chi connectivity index (χ3n) is 2.86. The molecule has 1 aliphatic heterocycles. The molecule has 1 rings (SSSR count). The summed E-state index contributed by atoms with van der Waals surface area (Å²) in [5, 5.41) is 11.7. The first-order valence-corrected chi connectivity index (χ1v) is 5.83. The van der Waals surface area contributed by atoms with E-state index in [9.17, 15) is 4.79 Å². The molecule has 1 heterocycles. The van der Waals surface area contributed by atoms with E-state index in [1.54, 1.807) is 4.90 Å². The summed E-state index contributed by atoms with van der Waals surface area (Å²) in [6, 6.07) is -0.218. The van der Waals surface area contributed by atoms with Crippen LogP contribution in [0, 0.1) is 5.92 Å². The molecule has 16 heavy (non-hydrogen) atoms. The molecule has 1 aliphatic rings. The first-order valence-electron chi connectivity index (χ1n) is 5.83. The van der Waals surface area contributed by atoms with E-state index in [1.165, 1.54) is 0 Å². The van der Waals surface area contributed by atoms with Gasteiger partial charge in [-0.2, -0.15) is 0 Å². The average Bonchev–Trinajstić information content (AvgIpc) is 2.27. The van der Waals surface area contributed by atoms with E-state index in [-0.39, 0.29) is 17.8 Å². The van der Waals surface area contributed by atoms with Gasteiger partial charge in [-0.3, -0.25) is 4.79 Å². The molecule has 0 aromatic carbocycles. The fourth-order valence-corrected chi connectivity index (χ4v) is 2.07. The summed E-state index contributed by atoms with van der Waals surface area (Å²) in [6.07, 6.45) is 3.33. The number of hydrogen-bond donors (Lipinski definition) is 2. The number of nitrogens with zero attached hydrogens (tertiary/aromatic N) is 2. The summed E-state index contributed by atoms with van der Waals surface area (Å²) in [4.78, 5) is 13.7. The van der Waals surface area contributed by atoms with Crippen LogP contribution in [0.15, 0.2) is 5.16 Å². The number of amidine groups is 1. The fraction of sp³-hybridized carbons (Fsp3) is 0.818. The second-order valence-electron chi connectivity index (χ2n) is 4.72. The van der Waals surface area contributed by atoms with Crippen molar-refractivity contribution in [2.75, 3.05) is 6.54 Å². The summed E-state index contributed by atoms with van der Waals surface area (Å²) in [5.74, 6) is 0.588. The predicted octanol–water partition coefficient (Wildman–Crippen LogP) is 1.16. The summed E-state index contributed by atoms with van der Waals surface area (Å²) in [5.41, 5.74) is 5.61. The number of amides is 1. The van der Waals surface area contributed by atoms with Crippen molar-refractivity contribution in [3.05, 3.63) is 0 Å². The van der Waals surface area contributed by atoms with Crippen LogP contribution >= 0.6 is 0 Å². The van der Waals surface area contributed by atoms with Crippen molar-refractivity contribution in [1.29, 1.82) is 0 Å². The first-order chi connectivity index (χ1) is 7.56. The zero-order valence-electron chi connectivity index (χ0n) is 10.0. The molecule has 92 valence electrons. The second-order valence-corrected chi connectivity index (χ2v) is 4.72. The standard InChI is InChI=1S/C11H21N3O2/c1-8(2)7-10(15)14-6-4-3-5-9(14)11(12)13-16/h8-9,16H,3-7H2,1-2H3,(H2,12,13). The Morgan fingerprint density at radius 2 is 2.25 bits per heavy atom. The maximum Gasteiger partial charge on any atom is 0.223 e. The molecule has 1 fully saturated rings. The normalized spacial score (nSPS) is 22.6. The summed E-state index contributed by atoms with van der Waals surface area (Å²) >= 11 is 0. The number of rotatable bonds is 3. The van der Waals surface area contributed by atoms with Gasteiger partial charge < -0.3 is 15.8 Å². The van der Waals surface area contributed by atoms with Crippen molar-refractivity contribution in [3.63, 3.8) is 0 Å². The van der Waals surface area contributed by atoms with Crippen LogP contribution < -0.4 is 5.73 Å². The highest BCUT2D eigenvalue weighted by Gasteiger charge is 2.29. The third-order valence-corrected chi connectivity index (χ3v) is 2.86. The third kappa shape index (κ3) is 3.12. The van der Waals surface area contributed by atoms with E-state index in [0.717, 1.165) is 19.3 Å². The maximum absolute atomic E-state index is 12.0. The van der Waals surface area contributed by atoms with Crippen molar-refractivity contribution in [3.8, 4) is 0 Å². The highest BCUT2D eigenvalue weighted by atomic mass is 16.4. The highest BCUT2D eigenvalue weighted by molar-refractivity contribution is 5.90. The predicted molar refractivity (Wildman–Crippen MR) is 62.2 cm³/mol. The molecule has 0 radical (unpaired) electrons. The molecule has 5 nitrogen and oxygen atoms in total. The lowest BCUT2D eigenvalue weighted by Crippen LogP contribution is -2.50. The van der Waals surface area contributed by atoms with Gasteiger partial charge in [0.15, 0.2) is 5.84 Å². The van der Waals surface area contributed by atoms with Crippen LogP contribution in [-0.4, -0.2) is 34.4 Å². The van der Waals surface area contributed by atoms with Crippen LogP contribution in [0.5, 0.6) is 0 Å². The summed E-state index contributed by atoms with van der Waals surface area (Å²) in [6.45, 7) is 4.74. The molecule has 1 saturated heterocycles. The molecule has 1 amide bonds. The van der Waals surface area contributed by atoms with Crippen LogP contribution in [0.3, 0.4) is 0 Å². The molecular formula is C11H21N3O2.